The number of methoxy groups -OCH3 is 1. The Balaban J connectivity index is 0.000000390. The van der Waals surface area contributed by atoms with Crippen molar-refractivity contribution in [3.8, 4) is 0 Å². The zero-order chi connectivity index (χ0) is 14.8. The monoisotopic (exact) mass is 304 g/mol. The Morgan fingerprint density at radius 3 is 2.38 bits per heavy atom. The Hall–Kier alpha value is -0.850. The minimum atomic E-state index is -0.284. The van der Waals surface area contributed by atoms with E-state index in [1.54, 1.807) is 4.90 Å². The number of rotatable bonds is 2. The van der Waals surface area contributed by atoms with Crippen molar-refractivity contribution in [3.63, 3.8) is 0 Å². The van der Waals surface area contributed by atoms with Crippen LogP contribution in [0.25, 0.3) is 0 Å². The number of nitrogens with one attached hydrogen (secondary N) is 1. The first kappa shape index (κ1) is 20.1. The van der Waals surface area contributed by atoms with E-state index in [0.29, 0.717) is 19.1 Å². The van der Waals surface area contributed by atoms with Crippen LogP contribution < -0.4 is 5.32 Å². The fourth-order valence-electron chi connectivity index (χ4n) is 2.59. The molecule has 3 N–H and O–H groups in total. The van der Waals surface area contributed by atoms with Gasteiger partial charge in [-0.05, 0) is 44.1 Å². The van der Waals surface area contributed by atoms with Gasteiger partial charge in [0.1, 0.15) is 0 Å². The Bertz CT molecular complexity index is 270. The first-order chi connectivity index (χ1) is 9.71. The molecule has 2 aliphatic heterocycles. The van der Waals surface area contributed by atoms with Crippen LogP contribution in [0.1, 0.15) is 33.1 Å². The number of ether oxygens (including phenoxy) is 1. The fraction of sp³-hybridized carbons (Fsp3) is 0.933. The molecule has 0 aliphatic carbocycles. The third-order valence-electron chi connectivity index (χ3n) is 3.87. The van der Waals surface area contributed by atoms with Gasteiger partial charge in [0, 0.05) is 32.8 Å². The van der Waals surface area contributed by atoms with Gasteiger partial charge >= 0.3 is 6.09 Å². The molecule has 2 atom stereocenters. The van der Waals surface area contributed by atoms with Gasteiger partial charge < -0.3 is 25.2 Å². The van der Waals surface area contributed by atoms with Crippen LogP contribution in [-0.4, -0.2) is 67.7 Å². The van der Waals surface area contributed by atoms with E-state index in [9.17, 15) is 4.79 Å². The standard InChI is InChI=1S/C8H15NO3.C6H13NO.CH4/c1-12-8(11)9-4-2-3-7(5-9)6-10;8-5-6-2-1-3-7-4-6;/h7,10H,2-6H2,1H3;6-8H,1-5H2;1H4. The lowest BCUT2D eigenvalue weighted by Crippen LogP contribution is -2.40. The second-order valence-corrected chi connectivity index (χ2v) is 5.50. The zero-order valence-corrected chi connectivity index (χ0v) is 12.4. The lowest BCUT2D eigenvalue weighted by atomic mass is 10.00. The van der Waals surface area contributed by atoms with Crippen LogP contribution in [-0.2, 0) is 4.74 Å². The molecule has 0 aromatic rings. The van der Waals surface area contributed by atoms with Crippen LogP contribution in [0.2, 0.25) is 0 Å². The van der Waals surface area contributed by atoms with Gasteiger partial charge in [-0.1, -0.05) is 7.43 Å². The number of aliphatic hydroxyl groups is 2. The number of hydrogen-bond donors (Lipinski definition) is 3. The maximum Gasteiger partial charge on any atom is 0.409 e. The maximum atomic E-state index is 11.1. The highest BCUT2D eigenvalue weighted by atomic mass is 16.5. The average molecular weight is 304 g/mol. The third-order valence-corrected chi connectivity index (χ3v) is 3.87. The van der Waals surface area contributed by atoms with Crippen molar-refractivity contribution in [2.24, 2.45) is 11.8 Å². The van der Waals surface area contributed by atoms with Gasteiger partial charge in [0.2, 0.25) is 0 Å². The number of aliphatic hydroxyl groups excluding tert-OH is 2. The molecule has 21 heavy (non-hydrogen) atoms. The summed E-state index contributed by atoms with van der Waals surface area (Å²) in [5.41, 5.74) is 0. The molecule has 2 unspecified atom stereocenters. The summed E-state index contributed by atoms with van der Waals surface area (Å²) < 4.78 is 4.59. The molecule has 2 heterocycles. The van der Waals surface area contributed by atoms with E-state index >= 15 is 0 Å². The maximum absolute atomic E-state index is 11.1. The quantitative estimate of drug-likeness (QED) is 0.711. The normalized spacial score (nSPS) is 25.2. The van der Waals surface area contributed by atoms with Crippen molar-refractivity contribution in [2.45, 2.75) is 33.1 Å². The fourth-order valence-corrected chi connectivity index (χ4v) is 2.59. The molecule has 2 saturated heterocycles. The molecule has 6 nitrogen and oxygen atoms in total. The van der Waals surface area contributed by atoms with Crippen LogP contribution >= 0.6 is 0 Å². The molecule has 2 fully saturated rings. The van der Waals surface area contributed by atoms with Crippen LogP contribution in [0.5, 0.6) is 0 Å². The molecular weight excluding hydrogens is 272 g/mol. The molecule has 0 aromatic heterocycles. The number of carbonyl (C=O) groups is 1. The summed E-state index contributed by atoms with van der Waals surface area (Å²) in [5.74, 6) is 0.765. The third kappa shape index (κ3) is 7.64. The van der Waals surface area contributed by atoms with Gasteiger partial charge in [0.25, 0.3) is 0 Å². The SMILES string of the molecule is C.COC(=O)N1CCCC(CO)C1.OCC1CCCNC1. The molecule has 0 saturated carbocycles. The lowest BCUT2D eigenvalue weighted by molar-refractivity contribution is 0.0868. The first-order valence-electron chi connectivity index (χ1n) is 7.46. The molecule has 1 amide bonds. The Morgan fingerprint density at radius 2 is 1.90 bits per heavy atom. The van der Waals surface area contributed by atoms with Crippen molar-refractivity contribution >= 4 is 6.09 Å². The number of nitrogens with zero attached hydrogens (tertiary/aromatic N) is 1. The molecule has 0 spiro atoms. The van der Waals surface area contributed by atoms with Gasteiger partial charge in [0.15, 0.2) is 0 Å². The Labute approximate surface area is 128 Å². The van der Waals surface area contributed by atoms with Gasteiger partial charge in [-0.2, -0.15) is 0 Å². The predicted molar refractivity (Wildman–Crippen MR) is 83.2 cm³/mol. The summed E-state index contributed by atoms with van der Waals surface area (Å²) in [4.78, 5) is 12.7. The van der Waals surface area contributed by atoms with E-state index in [1.807, 2.05) is 0 Å². The van der Waals surface area contributed by atoms with Crippen LogP contribution in [0.3, 0.4) is 0 Å². The topological polar surface area (TPSA) is 82.0 Å². The second kappa shape index (κ2) is 11.8. The van der Waals surface area contributed by atoms with Crippen molar-refractivity contribution in [2.75, 3.05) is 46.5 Å². The van der Waals surface area contributed by atoms with E-state index in [2.05, 4.69) is 10.1 Å². The molecule has 0 radical (unpaired) electrons. The number of piperidine rings is 2. The summed E-state index contributed by atoms with van der Waals surface area (Å²) in [6.07, 6.45) is 4.10. The van der Waals surface area contributed by atoms with Crippen molar-refractivity contribution in [3.05, 3.63) is 0 Å². The van der Waals surface area contributed by atoms with E-state index in [4.69, 9.17) is 10.2 Å². The molecule has 0 aromatic carbocycles. The van der Waals surface area contributed by atoms with Crippen molar-refractivity contribution in [1.82, 2.24) is 10.2 Å². The van der Waals surface area contributed by atoms with Gasteiger partial charge in [0.05, 0.1) is 7.11 Å². The summed E-state index contributed by atoms with van der Waals surface area (Å²) in [7, 11) is 1.38. The summed E-state index contributed by atoms with van der Waals surface area (Å²) in [6, 6.07) is 0. The van der Waals surface area contributed by atoms with Crippen LogP contribution in [0.15, 0.2) is 0 Å². The van der Waals surface area contributed by atoms with E-state index in [0.717, 1.165) is 32.5 Å². The molecule has 0 bridgehead atoms. The minimum absolute atomic E-state index is 0. The first-order valence-corrected chi connectivity index (χ1v) is 7.46. The molecule has 2 aliphatic rings. The summed E-state index contributed by atoms with van der Waals surface area (Å²) in [6.45, 7) is 4.04. The predicted octanol–water partition coefficient (Wildman–Crippen LogP) is 1.07. The van der Waals surface area contributed by atoms with Crippen LogP contribution in [0.4, 0.5) is 4.79 Å². The van der Waals surface area contributed by atoms with Gasteiger partial charge in [-0.25, -0.2) is 4.79 Å². The van der Waals surface area contributed by atoms with E-state index in [-0.39, 0.29) is 26.0 Å². The van der Waals surface area contributed by atoms with E-state index < -0.39 is 0 Å². The summed E-state index contributed by atoms with van der Waals surface area (Å²) >= 11 is 0. The number of amides is 1. The Kier molecular flexibility index (Phi) is 11.3. The minimum Gasteiger partial charge on any atom is -0.453 e. The zero-order valence-electron chi connectivity index (χ0n) is 12.4. The second-order valence-electron chi connectivity index (χ2n) is 5.50. The van der Waals surface area contributed by atoms with Crippen molar-refractivity contribution < 1.29 is 19.7 Å². The number of likely N-dealkylation sites (tertiary alicyclic amines) is 1. The smallest absolute Gasteiger partial charge is 0.409 e. The molecular formula is C15H32N2O4. The highest BCUT2D eigenvalue weighted by molar-refractivity contribution is 5.67. The molecule has 6 heteroatoms. The van der Waals surface area contributed by atoms with E-state index in [1.165, 1.54) is 20.0 Å². The van der Waals surface area contributed by atoms with Gasteiger partial charge in [-0.15, -0.1) is 0 Å². The number of carbonyl (C=O) groups excluding carboxylic acids is 1. The Morgan fingerprint density at radius 1 is 1.24 bits per heavy atom. The van der Waals surface area contributed by atoms with Gasteiger partial charge in [-0.3, -0.25) is 0 Å². The number of hydrogen-bond acceptors (Lipinski definition) is 5. The van der Waals surface area contributed by atoms with Crippen LogP contribution in [0, 0.1) is 11.8 Å². The highest BCUT2D eigenvalue weighted by Crippen LogP contribution is 2.15. The summed E-state index contributed by atoms with van der Waals surface area (Å²) in [5, 5.41) is 20.8. The van der Waals surface area contributed by atoms with Crippen molar-refractivity contribution in [1.29, 1.82) is 0 Å². The molecule has 2 rings (SSSR count). The average Bonchev–Trinajstić information content (AvgIpc) is 2.55. The highest BCUT2D eigenvalue weighted by Gasteiger charge is 2.23. The largest absolute Gasteiger partial charge is 0.453 e. The molecule has 126 valence electrons. The lowest BCUT2D eigenvalue weighted by Gasteiger charge is -2.30.